The highest BCUT2D eigenvalue weighted by Gasteiger charge is 2.32. The zero-order valence-electron chi connectivity index (χ0n) is 18.4. The van der Waals surface area contributed by atoms with Crippen molar-refractivity contribution in [3.05, 3.63) is 127 Å². The van der Waals surface area contributed by atoms with Crippen molar-refractivity contribution in [1.29, 1.82) is 0 Å². The summed E-state index contributed by atoms with van der Waals surface area (Å²) in [6, 6.07) is 42.3. The SMILES string of the molecule is c1ccc2c(OB(Oc3cccc4ccccc34)Oc3cccc4ccccc34)cccc2c1. The van der Waals surface area contributed by atoms with Gasteiger partial charge in [-0.25, -0.2) is 0 Å². The summed E-state index contributed by atoms with van der Waals surface area (Å²) >= 11 is 0. The summed E-state index contributed by atoms with van der Waals surface area (Å²) in [6.45, 7) is 0. The fourth-order valence-corrected chi connectivity index (χ4v) is 4.28. The molecule has 3 nitrogen and oxygen atoms in total. The number of fused-ring (bicyclic) bond motifs is 3. The Morgan fingerprint density at radius 2 is 0.618 bits per heavy atom. The Bertz CT molecular complexity index is 1400. The van der Waals surface area contributed by atoms with Gasteiger partial charge in [0, 0.05) is 16.2 Å². The van der Waals surface area contributed by atoms with E-state index >= 15 is 0 Å². The highest BCUT2D eigenvalue weighted by molar-refractivity contribution is 6.40. The molecule has 0 aliphatic heterocycles. The monoisotopic (exact) mass is 440 g/mol. The number of benzene rings is 6. The third-order valence-electron chi connectivity index (χ3n) is 5.92. The van der Waals surface area contributed by atoms with Crippen molar-refractivity contribution in [3.8, 4) is 17.2 Å². The summed E-state index contributed by atoms with van der Waals surface area (Å²) in [6.07, 6.45) is 0. The van der Waals surface area contributed by atoms with Crippen LogP contribution in [0.5, 0.6) is 17.2 Å². The van der Waals surface area contributed by atoms with Gasteiger partial charge in [0.2, 0.25) is 0 Å². The Morgan fingerprint density at radius 3 is 0.971 bits per heavy atom. The maximum atomic E-state index is 6.39. The van der Waals surface area contributed by atoms with E-state index in [1.54, 1.807) is 0 Å². The molecule has 162 valence electrons. The van der Waals surface area contributed by atoms with Gasteiger partial charge in [-0.1, -0.05) is 109 Å². The first-order valence-corrected chi connectivity index (χ1v) is 11.3. The van der Waals surface area contributed by atoms with E-state index < -0.39 is 7.32 Å². The minimum absolute atomic E-state index is 0.698. The quantitative estimate of drug-likeness (QED) is 0.249. The molecule has 34 heavy (non-hydrogen) atoms. The zero-order valence-corrected chi connectivity index (χ0v) is 18.4. The summed E-state index contributed by atoms with van der Waals surface area (Å²) in [7, 11) is -0.998. The Labute approximate surface area is 198 Å². The first kappa shape index (κ1) is 20.2. The molecule has 0 radical (unpaired) electrons. The van der Waals surface area contributed by atoms with Crippen LogP contribution in [-0.4, -0.2) is 7.32 Å². The van der Waals surface area contributed by atoms with Gasteiger partial charge in [0.1, 0.15) is 17.2 Å². The van der Waals surface area contributed by atoms with Gasteiger partial charge in [-0.15, -0.1) is 0 Å². The minimum atomic E-state index is -0.998. The van der Waals surface area contributed by atoms with Gasteiger partial charge in [-0.3, -0.25) is 0 Å². The second kappa shape index (κ2) is 8.83. The average Bonchev–Trinajstić information content (AvgIpc) is 2.89. The predicted molar refractivity (Wildman–Crippen MR) is 139 cm³/mol. The van der Waals surface area contributed by atoms with Crippen molar-refractivity contribution in [2.24, 2.45) is 0 Å². The van der Waals surface area contributed by atoms with E-state index in [2.05, 4.69) is 36.4 Å². The van der Waals surface area contributed by atoms with Gasteiger partial charge in [0.05, 0.1) is 0 Å². The molecule has 0 saturated heterocycles. The molecule has 0 heterocycles. The largest absolute Gasteiger partial charge is 0.864 e. The molecule has 0 saturated carbocycles. The number of hydrogen-bond donors (Lipinski definition) is 0. The molecule has 0 aromatic heterocycles. The van der Waals surface area contributed by atoms with Gasteiger partial charge in [0.15, 0.2) is 0 Å². The third kappa shape index (κ3) is 3.91. The Balaban J connectivity index is 1.42. The summed E-state index contributed by atoms with van der Waals surface area (Å²) in [5.41, 5.74) is 0. The van der Waals surface area contributed by atoms with Crippen molar-refractivity contribution in [2.45, 2.75) is 0 Å². The first-order valence-electron chi connectivity index (χ1n) is 11.3. The van der Waals surface area contributed by atoms with E-state index in [0.717, 1.165) is 32.3 Å². The molecule has 0 aliphatic carbocycles. The summed E-state index contributed by atoms with van der Waals surface area (Å²) in [5, 5.41) is 6.27. The molecular weight excluding hydrogens is 419 g/mol. The first-order chi connectivity index (χ1) is 16.8. The van der Waals surface area contributed by atoms with Crippen LogP contribution in [0.25, 0.3) is 32.3 Å². The van der Waals surface area contributed by atoms with Gasteiger partial charge in [-0.2, -0.15) is 0 Å². The van der Waals surface area contributed by atoms with Gasteiger partial charge in [-0.05, 0) is 34.4 Å². The summed E-state index contributed by atoms with van der Waals surface area (Å²) in [4.78, 5) is 0. The van der Waals surface area contributed by atoms with Gasteiger partial charge in [0.25, 0.3) is 0 Å². The smallest absolute Gasteiger partial charge is 0.489 e. The van der Waals surface area contributed by atoms with Crippen LogP contribution in [-0.2, 0) is 0 Å². The van der Waals surface area contributed by atoms with Crippen LogP contribution in [0, 0.1) is 0 Å². The molecule has 6 aromatic rings. The minimum Gasteiger partial charge on any atom is -0.489 e. The number of rotatable bonds is 6. The molecular formula is C30H21BO3. The molecule has 0 spiro atoms. The van der Waals surface area contributed by atoms with Crippen molar-refractivity contribution in [3.63, 3.8) is 0 Å². The van der Waals surface area contributed by atoms with Gasteiger partial charge < -0.3 is 14.0 Å². The second-order valence-electron chi connectivity index (χ2n) is 8.07. The third-order valence-corrected chi connectivity index (χ3v) is 5.92. The highest BCUT2D eigenvalue weighted by atomic mass is 16.7. The lowest BCUT2D eigenvalue weighted by Crippen LogP contribution is -2.37. The predicted octanol–water partition coefficient (Wildman–Crippen LogP) is 7.67. The van der Waals surface area contributed by atoms with E-state index in [1.165, 1.54) is 0 Å². The molecule has 0 unspecified atom stereocenters. The Morgan fingerprint density at radius 1 is 0.324 bits per heavy atom. The van der Waals surface area contributed by atoms with Crippen LogP contribution in [0.2, 0.25) is 0 Å². The topological polar surface area (TPSA) is 27.7 Å². The fourth-order valence-electron chi connectivity index (χ4n) is 4.28. The van der Waals surface area contributed by atoms with Crippen molar-refractivity contribution in [1.82, 2.24) is 0 Å². The second-order valence-corrected chi connectivity index (χ2v) is 8.07. The number of hydrogen-bond acceptors (Lipinski definition) is 3. The molecule has 6 aromatic carbocycles. The van der Waals surface area contributed by atoms with Crippen LogP contribution < -0.4 is 14.0 Å². The molecule has 0 amide bonds. The lowest BCUT2D eigenvalue weighted by Gasteiger charge is -2.19. The molecule has 6 rings (SSSR count). The molecule has 4 heteroatoms. The molecule has 0 fully saturated rings. The van der Waals surface area contributed by atoms with Crippen LogP contribution in [0.4, 0.5) is 0 Å². The fraction of sp³-hybridized carbons (Fsp3) is 0. The molecule has 0 bridgehead atoms. The van der Waals surface area contributed by atoms with E-state index in [0.29, 0.717) is 17.2 Å². The van der Waals surface area contributed by atoms with Crippen molar-refractivity contribution >= 4 is 39.6 Å². The molecule has 0 aliphatic rings. The lowest BCUT2D eigenvalue weighted by atomic mass is 10.1. The summed E-state index contributed by atoms with van der Waals surface area (Å²) in [5.74, 6) is 2.09. The zero-order chi connectivity index (χ0) is 22.7. The Hall–Kier alpha value is -4.44. The van der Waals surface area contributed by atoms with Crippen LogP contribution in [0.1, 0.15) is 0 Å². The van der Waals surface area contributed by atoms with E-state index in [1.807, 2.05) is 91.0 Å². The van der Waals surface area contributed by atoms with Crippen LogP contribution in [0.15, 0.2) is 127 Å². The molecule has 0 atom stereocenters. The standard InChI is InChI=1S/C30H21BO3/c1-4-16-25-22(10-1)13-7-19-28(25)32-31(33-29-20-8-14-23-11-2-5-17-26(23)29)34-30-21-9-15-24-12-3-6-18-27(24)30/h1-21H. The maximum Gasteiger partial charge on any atom is 0.864 e. The molecule has 0 N–H and O–H groups in total. The highest BCUT2D eigenvalue weighted by Crippen LogP contribution is 2.31. The van der Waals surface area contributed by atoms with Crippen LogP contribution in [0.3, 0.4) is 0 Å². The Kier molecular flexibility index (Phi) is 5.25. The summed E-state index contributed by atoms with van der Waals surface area (Å²) < 4.78 is 19.2. The maximum absolute atomic E-state index is 6.39. The van der Waals surface area contributed by atoms with E-state index in [9.17, 15) is 0 Å². The van der Waals surface area contributed by atoms with Gasteiger partial charge >= 0.3 is 7.32 Å². The van der Waals surface area contributed by atoms with Crippen molar-refractivity contribution < 1.29 is 14.0 Å². The lowest BCUT2D eigenvalue weighted by molar-refractivity contribution is 0.312. The average molecular weight is 440 g/mol. The van der Waals surface area contributed by atoms with Crippen LogP contribution >= 0.6 is 0 Å². The van der Waals surface area contributed by atoms with Crippen molar-refractivity contribution in [2.75, 3.05) is 0 Å². The normalized spacial score (nSPS) is 10.9. The van der Waals surface area contributed by atoms with E-state index in [4.69, 9.17) is 14.0 Å². The van der Waals surface area contributed by atoms with E-state index in [-0.39, 0.29) is 0 Å².